The van der Waals surface area contributed by atoms with Gasteiger partial charge in [-0.2, -0.15) is 0 Å². The summed E-state index contributed by atoms with van der Waals surface area (Å²) in [5.74, 6) is -0.499. The van der Waals surface area contributed by atoms with Crippen molar-refractivity contribution in [3.63, 3.8) is 0 Å². The maximum absolute atomic E-state index is 13.6. The van der Waals surface area contributed by atoms with Gasteiger partial charge in [-0.1, -0.05) is 0 Å². The van der Waals surface area contributed by atoms with Crippen LogP contribution < -0.4 is 11.1 Å². The molecule has 2 rings (SSSR count). The molecule has 0 aliphatic carbocycles. The lowest BCUT2D eigenvalue weighted by Crippen LogP contribution is -2.33. The van der Waals surface area contributed by atoms with Crippen LogP contribution in [0.5, 0.6) is 0 Å². The number of carbonyl (C=O) groups excluding carboxylic acids is 1. The fourth-order valence-electron chi connectivity index (χ4n) is 2.55. The fourth-order valence-corrected chi connectivity index (χ4v) is 2.55. The van der Waals surface area contributed by atoms with Crippen molar-refractivity contribution in [3.05, 3.63) is 29.6 Å². The lowest BCUT2D eigenvalue weighted by Gasteiger charge is -2.20. The molecule has 1 fully saturated rings. The van der Waals surface area contributed by atoms with Crippen LogP contribution in [0.3, 0.4) is 0 Å². The Balaban J connectivity index is 1.87. The topological polar surface area (TPSA) is 58.4 Å². The highest BCUT2D eigenvalue weighted by molar-refractivity contribution is 5.94. The van der Waals surface area contributed by atoms with Gasteiger partial charge in [0.1, 0.15) is 5.82 Å². The summed E-state index contributed by atoms with van der Waals surface area (Å²) in [5, 5.41) is 2.81. The molecule has 1 amide bonds. The van der Waals surface area contributed by atoms with Crippen LogP contribution in [-0.2, 0) is 0 Å². The molecule has 0 aromatic heterocycles. The highest BCUT2D eigenvalue weighted by Gasteiger charge is 2.24. The molecule has 20 heavy (non-hydrogen) atoms. The molecule has 0 radical (unpaired) electrons. The molecule has 1 heterocycles. The van der Waals surface area contributed by atoms with Gasteiger partial charge in [0, 0.05) is 24.8 Å². The van der Waals surface area contributed by atoms with E-state index in [9.17, 15) is 9.18 Å². The number of nitrogens with two attached hydrogens (primary N) is 1. The number of benzene rings is 1. The second-order valence-corrected chi connectivity index (χ2v) is 5.69. The number of nitrogen functional groups attached to an aromatic ring is 1. The van der Waals surface area contributed by atoms with Crippen LogP contribution in [0.2, 0.25) is 0 Å². The van der Waals surface area contributed by atoms with Gasteiger partial charge in [-0.15, -0.1) is 0 Å². The maximum atomic E-state index is 13.6. The lowest BCUT2D eigenvalue weighted by molar-refractivity contribution is 0.0943. The van der Waals surface area contributed by atoms with Crippen LogP contribution in [0.15, 0.2) is 18.2 Å². The van der Waals surface area contributed by atoms with E-state index in [4.69, 9.17) is 5.73 Å². The van der Waals surface area contributed by atoms with Gasteiger partial charge in [0.2, 0.25) is 0 Å². The van der Waals surface area contributed by atoms with Crippen molar-refractivity contribution in [1.82, 2.24) is 10.2 Å². The van der Waals surface area contributed by atoms with Gasteiger partial charge >= 0.3 is 0 Å². The van der Waals surface area contributed by atoms with Crippen LogP contribution in [0.4, 0.5) is 10.1 Å². The van der Waals surface area contributed by atoms with Crippen LogP contribution in [0.1, 0.15) is 30.6 Å². The van der Waals surface area contributed by atoms with Crippen LogP contribution in [0.25, 0.3) is 0 Å². The molecule has 110 valence electrons. The van der Waals surface area contributed by atoms with Crippen LogP contribution in [-0.4, -0.2) is 36.5 Å². The Kier molecular flexibility index (Phi) is 4.60. The molecule has 1 aliphatic rings. The summed E-state index contributed by atoms with van der Waals surface area (Å²) in [5.41, 5.74) is 5.84. The Hall–Kier alpha value is -1.62. The second-order valence-electron chi connectivity index (χ2n) is 5.69. The molecule has 0 spiro atoms. The molecular formula is C15H22FN3O. The number of likely N-dealkylation sites (tertiary alicyclic amines) is 1. The van der Waals surface area contributed by atoms with E-state index >= 15 is 0 Å². The number of hydrogen-bond acceptors (Lipinski definition) is 3. The average molecular weight is 279 g/mol. The van der Waals surface area contributed by atoms with Crippen molar-refractivity contribution in [2.24, 2.45) is 5.92 Å². The van der Waals surface area contributed by atoms with E-state index in [-0.39, 0.29) is 11.5 Å². The van der Waals surface area contributed by atoms with Crippen molar-refractivity contribution in [2.75, 3.05) is 25.4 Å². The number of rotatable bonds is 4. The summed E-state index contributed by atoms with van der Waals surface area (Å²) in [7, 11) is 0. The predicted octanol–water partition coefficient (Wildman–Crippen LogP) is 1.87. The monoisotopic (exact) mass is 279 g/mol. The van der Waals surface area contributed by atoms with Crippen molar-refractivity contribution >= 4 is 11.6 Å². The molecule has 1 aliphatic heterocycles. The van der Waals surface area contributed by atoms with E-state index in [2.05, 4.69) is 24.1 Å². The highest BCUT2D eigenvalue weighted by atomic mass is 19.1. The van der Waals surface area contributed by atoms with Crippen LogP contribution in [0, 0.1) is 11.7 Å². The third-order valence-electron chi connectivity index (χ3n) is 3.84. The zero-order valence-electron chi connectivity index (χ0n) is 12.0. The minimum absolute atomic E-state index is 0.0536. The molecule has 5 heteroatoms. The largest absolute Gasteiger partial charge is 0.399 e. The Morgan fingerprint density at radius 3 is 2.90 bits per heavy atom. The first-order valence-electron chi connectivity index (χ1n) is 7.04. The molecule has 1 unspecified atom stereocenters. The summed E-state index contributed by atoms with van der Waals surface area (Å²) in [6.07, 6.45) is 1.07. The van der Waals surface area contributed by atoms with E-state index in [0.717, 1.165) is 19.5 Å². The Bertz CT molecular complexity index is 490. The van der Waals surface area contributed by atoms with E-state index in [1.807, 2.05) is 0 Å². The van der Waals surface area contributed by atoms with Crippen molar-refractivity contribution in [2.45, 2.75) is 26.3 Å². The van der Waals surface area contributed by atoms with E-state index in [1.165, 1.54) is 18.2 Å². The number of carbonyl (C=O) groups is 1. The molecule has 1 aromatic rings. The standard InChI is InChI=1S/C15H22FN3O/c1-10(2)19-6-5-11(9-19)8-18-15(20)13-4-3-12(17)7-14(13)16/h3-4,7,10-11H,5-6,8-9,17H2,1-2H3,(H,18,20). The number of nitrogens with zero attached hydrogens (tertiary/aromatic N) is 1. The van der Waals surface area contributed by atoms with Gasteiger partial charge in [-0.05, 0) is 50.9 Å². The predicted molar refractivity (Wildman–Crippen MR) is 78.0 cm³/mol. The minimum Gasteiger partial charge on any atom is -0.399 e. The van der Waals surface area contributed by atoms with Gasteiger partial charge in [-0.3, -0.25) is 4.79 Å². The summed E-state index contributed by atoms with van der Waals surface area (Å²) in [6, 6.07) is 4.67. The van der Waals surface area contributed by atoms with Crippen molar-refractivity contribution in [1.29, 1.82) is 0 Å². The van der Waals surface area contributed by atoms with Gasteiger partial charge in [0.15, 0.2) is 0 Å². The Labute approximate surface area is 119 Å². The molecule has 4 nitrogen and oxygen atoms in total. The first kappa shape index (κ1) is 14.8. The number of nitrogens with one attached hydrogen (secondary N) is 1. The molecule has 1 aromatic carbocycles. The molecule has 0 saturated carbocycles. The summed E-state index contributed by atoms with van der Waals surface area (Å²) >= 11 is 0. The Morgan fingerprint density at radius 1 is 1.55 bits per heavy atom. The van der Waals surface area contributed by atoms with Gasteiger partial charge in [0.25, 0.3) is 5.91 Å². The number of amides is 1. The molecule has 1 saturated heterocycles. The van der Waals surface area contributed by atoms with Crippen LogP contribution >= 0.6 is 0 Å². The fraction of sp³-hybridized carbons (Fsp3) is 0.533. The number of hydrogen-bond donors (Lipinski definition) is 2. The smallest absolute Gasteiger partial charge is 0.254 e. The van der Waals surface area contributed by atoms with Gasteiger partial charge in [-0.25, -0.2) is 4.39 Å². The molecule has 1 atom stereocenters. The van der Waals surface area contributed by atoms with Crippen molar-refractivity contribution < 1.29 is 9.18 Å². The summed E-state index contributed by atoms with van der Waals surface area (Å²) < 4.78 is 13.6. The molecular weight excluding hydrogens is 257 g/mol. The maximum Gasteiger partial charge on any atom is 0.254 e. The summed E-state index contributed by atoms with van der Waals surface area (Å²) in [4.78, 5) is 14.3. The second kappa shape index (κ2) is 6.22. The third-order valence-corrected chi connectivity index (χ3v) is 3.84. The lowest BCUT2D eigenvalue weighted by atomic mass is 10.1. The number of anilines is 1. The first-order valence-corrected chi connectivity index (χ1v) is 7.04. The average Bonchev–Trinajstić information content (AvgIpc) is 2.85. The van der Waals surface area contributed by atoms with E-state index in [1.54, 1.807) is 0 Å². The SMILES string of the molecule is CC(C)N1CCC(CNC(=O)c2ccc(N)cc2F)C1. The van der Waals surface area contributed by atoms with E-state index in [0.29, 0.717) is 24.2 Å². The normalized spacial score (nSPS) is 19.5. The Morgan fingerprint density at radius 2 is 2.30 bits per heavy atom. The van der Waals surface area contributed by atoms with Gasteiger partial charge < -0.3 is 16.0 Å². The third kappa shape index (κ3) is 3.48. The zero-order chi connectivity index (χ0) is 14.7. The number of halogens is 1. The summed E-state index contributed by atoms with van der Waals surface area (Å²) in [6.45, 7) is 6.98. The first-order chi connectivity index (χ1) is 9.47. The van der Waals surface area contributed by atoms with Crippen molar-refractivity contribution in [3.8, 4) is 0 Å². The van der Waals surface area contributed by atoms with Gasteiger partial charge in [0.05, 0.1) is 5.56 Å². The minimum atomic E-state index is -0.572. The quantitative estimate of drug-likeness (QED) is 0.827. The molecule has 0 bridgehead atoms. The zero-order valence-corrected chi connectivity index (χ0v) is 12.0. The highest BCUT2D eigenvalue weighted by Crippen LogP contribution is 2.18. The van der Waals surface area contributed by atoms with E-state index < -0.39 is 5.82 Å². The molecule has 3 N–H and O–H groups in total.